The van der Waals surface area contributed by atoms with E-state index in [9.17, 15) is 4.79 Å². The van der Waals surface area contributed by atoms with Gasteiger partial charge in [-0.2, -0.15) is 0 Å². The van der Waals surface area contributed by atoms with E-state index in [2.05, 4.69) is 24.1 Å². The molecule has 0 spiro atoms. The molecule has 0 bridgehead atoms. The van der Waals surface area contributed by atoms with Gasteiger partial charge in [-0.1, -0.05) is 25.3 Å². The van der Waals surface area contributed by atoms with Crippen molar-refractivity contribution in [2.75, 3.05) is 7.05 Å². The number of rotatable bonds is 6. The van der Waals surface area contributed by atoms with Gasteiger partial charge < -0.3 is 10.7 Å². The van der Waals surface area contributed by atoms with Crippen LogP contribution in [0.4, 0.5) is 0 Å². The molecule has 6 heteroatoms. The predicted molar refractivity (Wildman–Crippen MR) is 130 cm³/mol. The average Bonchev–Trinajstić information content (AvgIpc) is 2.82. The molecule has 1 aromatic carbocycles. The Bertz CT molecular complexity index is 1220. The fraction of sp³-hybridized carbons (Fsp3) is 0.385. The molecule has 32 heavy (non-hydrogen) atoms. The summed E-state index contributed by atoms with van der Waals surface area (Å²) in [7, 11) is 1.81. The topological polar surface area (TPSA) is 83.7 Å². The Hall–Kier alpha value is -3.28. The largest absolute Gasteiger partial charge is 0.393 e. The number of aryl methyl sites for hydroxylation is 1. The summed E-state index contributed by atoms with van der Waals surface area (Å²) in [5.74, 6) is 0. The van der Waals surface area contributed by atoms with Crippen molar-refractivity contribution in [2.45, 2.75) is 58.4 Å². The Morgan fingerprint density at radius 1 is 1.19 bits per heavy atom. The minimum absolute atomic E-state index is 0.0764. The van der Waals surface area contributed by atoms with E-state index in [1.165, 1.54) is 31.0 Å². The summed E-state index contributed by atoms with van der Waals surface area (Å²) in [5, 5.41) is 11.2. The molecule has 0 saturated heterocycles. The Morgan fingerprint density at radius 2 is 1.97 bits per heavy atom. The average molecular weight is 430 g/mol. The van der Waals surface area contributed by atoms with E-state index in [0.29, 0.717) is 11.8 Å². The Kier molecular flexibility index (Phi) is 6.49. The van der Waals surface area contributed by atoms with Crippen molar-refractivity contribution >= 4 is 22.7 Å². The highest BCUT2D eigenvalue weighted by Crippen LogP contribution is 2.28. The second-order valence-corrected chi connectivity index (χ2v) is 8.69. The summed E-state index contributed by atoms with van der Waals surface area (Å²) >= 11 is 0. The van der Waals surface area contributed by atoms with E-state index < -0.39 is 0 Å². The van der Waals surface area contributed by atoms with Crippen molar-refractivity contribution < 1.29 is 0 Å². The molecule has 0 unspecified atom stereocenters. The highest BCUT2D eigenvalue weighted by atomic mass is 16.1. The zero-order valence-electron chi connectivity index (χ0n) is 19.1. The van der Waals surface area contributed by atoms with Gasteiger partial charge in [-0.15, -0.1) is 0 Å². The second-order valence-electron chi connectivity index (χ2n) is 8.69. The van der Waals surface area contributed by atoms with Crippen LogP contribution in [0.15, 0.2) is 41.7 Å². The lowest BCUT2D eigenvalue weighted by atomic mass is 9.94. The molecule has 4 rings (SSSR count). The third-order valence-corrected chi connectivity index (χ3v) is 6.69. The molecule has 6 nitrogen and oxygen atoms in total. The van der Waals surface area contributed by atoms with Gasteiger partial charge in [0, 0.05) is 37.3 Å². The number of aromatic nitrogens is 3. The number of fused-ring (bicyclic) bond motifs is 1. The van der Waals surface area contributed by atoms with Crippen molar-refractivity contribution in [3.8, 4) is 0 Å². The molecule has 2 N–H and O–H groups in total. The number of benzene rings is 1. The molecule has 1 fully saturated rings. The smallest absolute Gasteiger partial charge is 0.261 e. The summed E-state index contributed by atoms with van der Waals surface area (Å²) in [6, 6.07) is 6.27. The van der Waals surface area contributed by atoms with Crippen LogP contribution in [0, 0.1) is 19.3 Å². The number of hydrogen-bond acceptors (Lipinski definition) is 5. The fourth-order valence-electron chi connectivity index (χ4n) is 4.68. The van der Waals surface area contributed by atoms with E-state index in [1.807, 2.05) is 29.0 Å². The van der Waals surface area contributed by atoms with Crippen LogP contribution in [0.25, 0.3) is 16.5 Å². The fourth-order valence-corrected chi connectivity index (χ4v) is 4.68. The van der Waals surface area contributed by atoms with Crippen LogP contribution in [-0.2, 0) is 6.42 Å². The lowest BCUT2D eigenvalue weighted by Crippen LogP contribution is -2.27. The maximum absolute atomic E-state index is 13.4. The molecule has 0 atom stereocenters. The van der Waals surface area contributed by atoms with Crippen molar-refractivity contribution in [2.24, 2.45) is 0 Å². The summed E-state index contributed by atoms with van der Waals surface area (Å²) in [4.78, 5) is 22.6. The van der Waals surface area contributed by atoms with Crippen LogP contribution in [0.5, 0.6) is 0 Å². The molecule has 1 aliphatic carbocycles. The van der Waals surface area contributed by atoms with Crippen LogP contribution in [0.2, 0.25) is 0 Å². The maximum atomic E-state index is 13.4. The standard InChI is InChI=1S/C26H31N5O/c1-17-18(2)25-23(26(32)31(16-30-25)22-7-5-4-6-8-22)12-20(17)11-19-9-10-24(29-14-19)21(13-27)15-28-3/h9-10,12-16,22,27-28H,4-8,11H2,1-3H3/b21-15+,27-13?. The SMILES string of the molecule is CN/C=C(\C=N)c1ccc(Cc2cc3c(=O)n(C4CCCCC4)cnc3c(C)c2C)cn1. The molecular weight excluding hydrogens is 398 g/mol. The van der Waals surface area contributed by atoms with Crippen LogP contribution in [0.1, 0.15) is 66.1 Å². The summed E-state index contributed by atoms with van der Waals surface area (Å²) < 4.78 is 1.86. The third-order valence-electron chi connectivity index (χ3n) is 6.69. The molecular formula is C26H31N5O. The zero-order valence-corrected chi connectivity index (χ0v) is 19.1. The van der Waals surface area contributed by atoms with Gasteiger partial charge >= 0.3 is 0 Å². The van der Waals surface area contributed by atoms with Gasteiger partial charge in [0.2, 0.25) is 0 Å². The molecule has 0 radical (unpaired) electrons. The number of nitrogens with zero attached hydrogens (tertiary/aromatic N) is 3. The zero-order chi connectivity index (χ0) is 22.7. The molecule has 2 heterocycles. The van der Waals surface area contributed by atoms with Gasteiger partial charge in [-0.3, -0.25) is 14.3 Å². The molecule has 166 valence electrons. The van der Waals surface area contributed by atoms with Crippen LogP contribution in [0.3, 0.4) is 0 Å². The first kappa shape index (κ1) is 21.9. The maximum Gasteiger partial charge on any atom is 0.261 e. The Labute approximate surface area is 188 Å². The number of hydrogen-bond donors (Lipinski definition) is 2. The van der Waals surface area contributed by atoms with Gasteiger partial charge in [-0.25, -0.2) is 4.98 Å². The first-order valence-electron chi connectivity index (χ1n) is 11.4. The summed E-state index contributed by atoms with van der Waals surface area (Å²) in [5.41, 5.74) is 6.80. The van der Waals surface area contributed by atoms with E-state index >= 15 is 0 Å². The lowest BCUT2D eigenvalue weighted by Gasteiger charge is -2.24. The Morgan fingerprint density at radius 3 is 2.62 bits per heavy atom. The van der Waals surface area contributed by atoms with Crippen molar-refractivity contribution in [1.29, 1.82) is 5.41 Å². The van der Waals surface area contributed by atoms with Gasteiger partial charge in [0.1, 0.15) is 0 Å². The van der Waals surface area contributed by atoms with Crippen LogP contribution >= 0.6 is 0 Å². The van der Waals surface area contributed by atoms with E-state index in [0.717, 1.165) is 46.3 Å². The van der Waals surface area contributed by atoms with Gasteiger partial charge in [0.15, 0.2) is 0 Å². The monoisotopic (exact) mass is 429 g/mol. The molecule has 0 amide bonds. The minimum Gasteiger partial charge on any atom is -0.393 e. The van der Waals surface area contributed by atoms with Crippen LogP contribution in [-0.4, -0.2) is 27.8 Å². The Balaban J connectivity index is 1.70. The second kappa shape index (κ2) is 9.47. The van der Waals surface area contributed by atoms with Crippen molar-refractivity contribution in [3.63, 3.8) is 0 Å². The first-order valence-corrected chi connectivity index (χ1v) is 11.4. The first-order chi connectivity index (χ1) is 15.5. The van der Waals surface area contributed by atoms with Crippen LogP contribution < -0.4 is 10.9 Å². The number of allylic oxidation sites excluding steroid dienone is 1. The minimum atomic E-state index is 0.0764. The van der Waals surface area contributed by atoms with Gasteiger partial charge in [0.05, 0.1) is 22.9 Å². The highest BCUT2D eigenvalue weighted by Gasteiger charge is 2.19. The van der Waals surface area contributed by atoms with Crippen molar-refractivity contribution in [3.05, 3.63) is 75.2 Å². The molecule has 3 aromatic rings. The predicted octanol–water partition coefficient (Wildman–Crippen LogP) is 4.71. The highest BCUT2D eigenvalue weighted by molar-refractivity contribution is 6.07. The van der Waals surface area contributed by atoms with Gasteiger partial charge in [0.25, 0.3) is 5.56 Å². The number of pyridine rings is 1. The normalized spacial score (nSPS) is 15.2. The third kappa shape index (κ3) is 4.22. The van der Waals surface area contributed by atoms with Crippen molar-refractivity contribution in [1.82, 2.24) is 19.9 Å². The molecule has 1 aliphatic rings. The van der Waals surface area contributed by atoms with E-state index in [1.54, 1.807) is 19.6 Å². The summed E-state index contributed by atoms with van der Waals surface area (Å²) in [6.45, 7) is 4.15. The number of nitrogens with one attached hydrogen (secondary N) is 2. The summed E-state index contributed by atoms with van der Waals surface area (Å²) in [6.07, 6.45) is 13.1. The van der Waals surface area contributed by atoms with Gasteiger partial charge in [-0.05, 0) is 67.5 Å². The molecule has 1 saturated carbocycles. The van der Waals surface area contributed by atoms with E-state index in [4.69, 9.17) is 10.4 Å². The van der Waals surface area contributed by atoms with E-state index in [-0.39, 0.29) is 11.6 Å². The lowest BCUT2D eigenvalue weighted by molar-refractivity contribution is 0.345. The quantitative estimate of drug-likeness (QED) is 0.556. The molecule has 0 aliphatic heterocycles. The molecule has 2 aromatic heterocycles.